The summed E-state index contributed by atoms with van der Waals surface area (Å²) in [5.41, 5.74) is 0.819. The van der Waals surface area contributed by atoms with Crippen molar-refractivity contribution in [3.05, 3.63) is 59.9 Å². The Labute approximate surface area is 233 Å². The van der Waals surface area contributed by atoms with Crippen molar-refractivity contribution in [2.24, 2.45) is 0 Å². The van der Waals surface area contributed by atoms with Crippen LogP contribution in [0.5, 0.6) is 0 Å². The molecule has 3 rings (SSSR count). The Morgan fingerprint density at radius 3 is 1.90 bits per heavy atom. The molecule has 17 heteroatoms. The van der Waals surface area contributed by atoms with Gasteiger partial charge >= 0.3 is 12.1 Å². The first-order valence-electron chi connectivity index (χ1n) is 11.0. The van der Waals surface area contributed by atoms with Gasteiger partial charge in [-0.15, -0.1) is 0 Å². The van der Waals surface area contributed by atoms with Crippen LogP contribution in [-0.4, -0.2) is 55.9 Å². The number of nitrogens with one attached hydrogen (secondary N) is 3. The fraction of sp³-hybridized carbons (Fsp3) is 0.261. The highest BCUT2D eigenvalue weighted by Gasteiger charge is 2.38. The van der Waals surface area contributed by atoms with Gasteiger partial charge in [-0.1, -0.05) is 11.6 Å². The van der Waals surface area contributed by atoms with Gasteiger partial charge in [-0.2, -0.15) is 13.2 Å². The zero-order valence-corrected chi connectivity index (χ0v) is 23.8. The number of hydrogen-bond acceptors (Lipinski definition) is 9. The first kappa shape index (κ1) is 32.7. The van der Waals surface area contributed by atoms with Crippen LogP contribution in [0, 0.1) is 0 Å². The van der Waals surface area contributed by atoms with Crippen LogP contribution in [0.25, 0.3) is 0 Å². The van der Waals surface area contributed by atoms with E-state index >= 15 is 0 Å². The summed E-state index contributed by atoms with van der Waals surface area (Å²) in [6, 6.07) is 12.4. The van der Waals surface area contributed by atoms with Crippen molar-refractivity contribution in [2.45, 2.75) is 41.5 Å². The molecule has 4 N–H and O–H groups in total. The molecule has 218 valence electrons. The monoisotopic (exact) mass is 623 g/mol. The van der Waals surface area contributed by atoms with Crippen molar-refractivity contribution in [1.82, 2.24) is 14.7 Å². The molecule has 0 atom stereocenters. The normalized spacial score (nSPS) is 12.2. The molecule has 0 amide bonds. The van der Waals surface area contributed by atoms with Gasteiger partial charge in [0.05, 0.1) is 20.2 Å². The minimum Gasteiger partial charge on any atom is -0.475 e. The molecule has 0 saturated carbocycles. The average molecular weight is 624 g/mol. The van der Waals surface area contributed by atoms with E-state index in [1.807, 2.05) is 0 Å². The van der Waals surface area contributed by atoms with E-state index in [0.717, 1.165) is 5.69 Å². The van der Waals surface area contributed by atoms with Crippen molar-refractivity contribution in [3.63, 3.8) is 0 Å². The minimum atomic E-state index is -5.08. The number of aromatic nitrogens is 2. The predicted molar refractivity (Wildman–Crippen MR) is 143 cm³/mol. The number of sulfone groups is 1. The summed E-state index contributed by atoms with van der Waals surface area (Å²) in [7, 11) is -6.33. The highest BCUT2D eigenvalue weighted by molar-refractivity contribution is 7.93. The number of carboxylic acid groups (broad SMARTS) is 1. The highest BCUT2D eigenvalue weighted by atomic mass is 35.5. The lowest BCUT2D eigenvalue weighted by molar-refractivity contribution is -0.192. The van der Waals surface area contributed by atoms with E-state index in [0.29, 0.717) is 10.8 Å². The topological polar surface area (TPSA) is 167 Å². The maximum absolute atomic E-state index is 13.2. The number of carboxylic acids is 1. The zero-order valence-electron chi connectivity index (χ0n) is 21.4. The molecule has 0 unspecified atom stereocenters. The van der Waals surface area contributed by atoms with Gasteiger partial charge in [-0.25, -0.2) is 36.3 Å². The van der Waals surface area contributed by atoms with E-state index in [2.05, 4.69) is 25.3 Å². The van der Waals surface area contributed by atoms with Crippen molar-refractivity contribution in [3.8, 4) is 0 Å². The summed E-state index contributed by atoms with van der Waals surface area (Å²) >= 11 is 5.91. The van der Waals surface area contributed by atoms with E-state index < -0.39 is 36.8 Å². The Balaban J connectivity index is 0.000000708. The summed E-state index contributed by atoms with van der Waals surface area (Å²) in [4.78, 5) is 17.1. The number of carbonyl (C=O) groups is 1. The first-order chi connectivity index (χ1) is 18.3. The fourth-order valence-electron chi connectivity index (χ4n) is 2.77. The fourth-order valence-corrected chi connectivity index (χ4v) is 4.96. The molecule has 0 aliphatic carbocycles. The number of rotatable bonds is 7. The number of aliphatic carboxylic acids is 1. The summed E-state index contributed by atoms with van der Waals surface area (Å²) in [6.07, 6.45) is -3.79. The van der Waals surface area contributed by atoms with Crippen molar-refractivity contribution in [1.29, 1.82) is 0 Å². The van der Waals surface area contributed by atoms with Crippen molar-refractivity contribution < 1.29 is 39.9 Å². The molecule has 2 aromatic carbocycles. The molecular formula is C23H25ClF3N5O6S2. The van der Waals surface area contributed by atoms with Crippen LogP contribution in [0.3, 0.4) is 0 Å². The molecule has 40 heavy (non-hydrogen) atoms. The number of hydrogen-bond donors (Lipinski definition) is 4. The molecule has 0 aliphatic heterocycles. The lowest BCUT2D eigenvalue weighted by Gasteiger charge is -2.22. The Hall–Kier alpha value is -3.47. The zero-order chi connectivity index (χ0) is 30.5. The Kier molecular flexibility index (Phi) is 10.1. The van der Waals surface area contributed by atoms with Gasteiger partial charge in [0, 0.05) is 16.8 Å². The van der Waals surface area contributed by atoms with E-state index in [4.69, 9.17) is 21.5 Å². The summed E-state index contributed by atoms with van der Waals surface area (Å²) in [5.74, 6) is -2.05. The van der Waals surface area contributed by atoms with Crippen LogP contribution in [0.4, 0.5) is 36.2 Å². The van der Waals surface area contributed by atoms with E-state index in [9.17, 15) is 30.0 Å². The smallest absolute Gasteiger partial charge is 0.475 e. The SMILES string of the molecule is CNS(=O)(=O)c1ccc(S(=O)(=O)C(C)(C)C)c(Nc2cc(Nc3ccc(Cl)cc3)ncn2)c1.O=C(O)C(F)(F)F. The van der Waals surface area contributed by atoms with Gasteiger partial charge in [-0.05, 0) is 70.3 Å². The number of alkyl halides is 3. The van der Waals surface area contributed by atoms with E-state index in [1.165, 1.54) is 31.6 Å². The Morgan fingerprint density at radius 1 is 0.900 bits per heavy atom. The number of benzene rings is 2. The van der Waals surface area contributed by atoms with Crippen LogP contribution in [0.2, 0.25) is 5.02 Å². The van der Waals surface area contributed by atoms with Gasteiger partial charge < -0.3 is 15.7 Å². The predicted octanol–water partition coefficient (Wildman–Crippen LogP) is 4.73. The Morgan fingerprint density at radius 2 is 1.43 bits per heavy atom. The molecular weight excluding hydrogens is 599 g/mol. The van der Waals surface area contributed by atoms with Gasteiger partial charge in [0.1, 0.15) is 18.0 Å². The summed E-state index contributed by atoms with van der Waals surface area (Å²) < 4.78 is 83.8. The van der Waals surface area contributed by atoms with Crippen LogP contribution < -0.4 is 15.4 Å². The Bertz CT molecular complexity index is 1580. The third-order valence-corrected chi connectivity index (χ3v) is 9.13. The molecule has 3 aromatic rings. The molecule has 1 aromatic heterocycles. The number of sulfonamides is 1. The van der Waals surface area contributed by atoms with Crippen LogP contribution >= 0.6 is 11.6 Å². The maximum atomic E-state index is 13.2. The largest absolute Gasteiger partial charge is 0.490 e. The second-order valence-corrected chi connectivity index (χ2v) is 13.8. The number of nitrogens with zero attached hydrogens (tertiary/aromatic N) is 2. The third-order valence-electron chi connectivity index (χ3n) is 4.91. The summed E-state index contributed by atoms with van der Waals surface area (Å²) in [6.45, 7) is 4.72. The van der Waals surface area contributed by atoms with Gasteiger partial charge in [0.25, 0.3) is 0 Å². The molecule has 0 fully saturated rings. The van der Waals surface area contributed by atoms with Gasteiger partial charge in [-0.3, -0.25) is 0 Å². The van der Waals surface area contributed by atoms with Gasteiger partial charge in [0.2, 0.25) is 10.0 Å². The quantitative estimate of drug-likeness (QED) is 0.289. The summed E-state index contributed by atoms with van der Waals surface area (Å²) in [5, 5.41) is 13.8. The second-order valence-electron chi connectivity index (χ2n) is 8.83. The highest BCUT2D eigenvalue weighted by Crippen LogP contribution is 2.34. The van der Waals surface area contributed by atoms with Gasteiger partial charge in [0.15, 0.2) is 9.84 Å². The van der Waals surface area contributed by atoms with Crippen LogP contribution in [0.1, 0.15) is 20.8 Å². The minimum absolute atomic E-state index is 0.0455. The van der Waals surface area contributed by atoms with Crippen LogP contribution in [-0.2, 0) is 24.7 Å². The number of anilines is 4. The lowest BCUT2D eigenvalue weighted by Crippen LogP contribution is -2.28. The molecule has 0 radical (unpaired) electrons. The number of halogens is 4. The molecule has 1 heterocycles. The maximum Gasteiger partial charge on any atom is 0.490 e. The molecule has 0 bridgehead atoms. The van der Waals surface area contributed by atoms with Crippen LogP contribution in [0.15, 0.2) is 64.6 Å². The third kappa shape index (κ3) is 8.51. The van der Waals surface area contributed by atoms with Crippen molar-refractivity contribution >= 4 is 60.4 Å². The van der Waals surface area contributed by atoms with E-state index in [1.54, 1.807) is 51.1 Å². The first-order valence-corrected chi connectivity index (χ1v) is 14.4. The van der Waals surface area contributed by atoms with Crippen molar-refractivity contribution in [2.75, 3.05) is 17.7 Å². The lowest BCUT2D eigenvalue weighted by atomic mass is 10.3. The average Bonchev–Trinajstić information content (AvgIpc) is 2.84. The molecule has 11 nitrogen and oxygen atoms in total. The van der Waals surface area contributed by atoms with E-state index in [-0.39, 0.29) is 21.3 Å². The standard InChI is InChI=1S/C21H24ClN5O4S2.C2HF3O2/c1-21(2,3)32(28,29)18-10-9-16(33(30,31)23-4)11-17(18)27-20-12-19(24-13-25-20)26-15-7-5-14(22)6-8-15;3-2(4,5)1(6)7/h5-13,23H,1-4H3,(H2,24,25,26,27);(H,6,7). The molecule has 0 spiro atoms. The molecule has 0 aliphatic rings. The second kappa shape index (κ2) is 12.4. The molecule has 0 saturated heterocycles.